The summed E-state index contributed by atoms with van der Waals surface area (Å²) in [6.07, 6.45) is 1.46. The van der Waals surface area contributed by atoms with Gasteiger partial charge in [0.05, 0.1) is 11.2 Å². The van der Waals surface area contributed by atoms with Gasteiger partial charge < -0.3 is 4.90 Å². The second-order valence-electron chi connectivity index (χ2n) is 5.43. The molecule has 0 saturated carbocycles. The van der Waals surface area contributed by atoms with Crippen molar-refractivity contribution in [2.75, 3.05) is 31.1 Å². The Labute approximate surface area is 135 Å². The fraction of sp³-hybridized carbons (Fsp3) is 0.400. The van der Waals surface area contributed by atoms with Crippen LogP contribution in [-0.2, 0) is 10.0 Å². The molecule has 3 rings (SSSR count). The van der Waals surface area contributed by atoms with E-state index >= 15 is 0 Å². The standard InChI is InChI=1S/C15H19N3O2S2/c1-12-4-3-5-14(10-12)17-6-8-18(9-7-17)22(19,20)15-11-16-13(2)21-15/h3-5,10-11H,6-9H2,1-2H3. The van der Waals surface area contributed by atoms with Crippen LogP contribution in [0.25, 0.3) is 0 Å². The summed E-state index contributed by atoms with van der Waals surface area (Å²) < 4.78 is 27.1. The normalized spacial score (nSPS) is 16.9. The van der Waals surface area contributed by atoms with Crippen molar-refractivity contribution in [3.05, 3.63) is 41.0 Å². The molecule has 2 aromatic rings. The molecule has 0 bridgehead atoms. The maximum atomic E-state index is 12.6. The SMILES string of the molecule is Cc1cccc(N2CCN(S(=O)(=O)c3cnc(C)s3)CC2)c1. The largest absolute Gasteiger partial charge is 0.369 e. The van der Waals surface area contributed by atoms with E-state index in [4.69, 9.17) is 0 Å². The van der Waals surface area contributed by atoms with Crippen molar-refractivity contribution >= 4 is 27.0 Å². The van der Waals surface area contributed by atoms with Crippen LogP contribution in [0.2, 0.25) is 0 Å². The van der Waals surface area contributed by atoms with Gasteiger partial charge in [0, 0.05) is 31.9 Å². The molecular weight excluding hydrogens is 318 g/mol. The highest BCUT2D eigenvalue weighted by Gasteiger charge is 2.30. The molecule has 118 valence electrons. The van der Waals surface area contributed by atoms with Crippen LogP contribution < -0.4 is 4.90 Å². The molecule has 1 aromatic heterocycles. The number of piperazine rings is 1. The lowest BCUT2D eigenvalue weighted by Gasteiger charge is -2.35. The first kappa shape index (κ1) is 15.5. The van der Waals surface area contributed by atoms with E-state index in [0.29, 0.717) is 30.4 Å². The Morgan fingerprint density at radius 1 is 1.14 bits per heavy atom. The van der Waals surface area contributed by atoms with E-state index in [2.05, 4.69) is 35.0 Å². The Hall–Kier alpha value is -1.44. The summed E-state index contributed by atoms with van der Waals surface area (Å²) in [7, 11) is -3.39. The van der Waals surface area contributed by atoms with E-state index in [0.717, 1.165) is 10.7 Å². The smallest absolute Gasteiger partial charge is 0.254 e. The zero-order valence-corrected chi connectivity index (χ0v) is 14.3. The maximum absolute atomic E-state index is 12.6. The lowest BCUT2D eigenvalue weighted by Crippen LogP contribution is -2.48. The molecule has 1 aliphatic heterocycles. The minimum atomic E-state index is -3.39. The highest BCUT2D eigenvalue weighted by Crippen LogP contribution is 2.25. The van der Waals surface area contributed by atoms with E-state index in [1.54, 1.807) is 4.31 Å². The maximum Gasteiger partial charge on any atom is 0.254 e. The highest BCUT2D eigenvalue weighted by molar-refractivity contribution is 7.91. The van der Waals surface area contributed by atoms with Crippen LogP contribution in [0.3, 0.4) is 0 Å². The van der Waals surface area contributed by atoms with Gasteiger partial charge in [-0.05, 0) is 31.5 Å². The van der Waals surface area contributed by atoms with E-state index in [1.807, 2.05) is 13.0 Å². The topological polar surface area (TPSA) is 53.5 Å². The Morgan fingerprint density at radius 2 is 1.86 bits per heavy atom. The Morgan fingerprint density at radius 3 is 2.45 bits per heavy atom. The molecule has 5 nitrogen and oxygen atoms in total. The van der Waals surface area contributed by atoms with Crippen LogP contribution in [0, 0.1) is 13.8 Å². The summed E-state index contributed by atoms with van der Waals surface area (Å²) in [5.41, 5.74) is 2.37. The van der Waals surface area contributed by atoms with Crippen molar-refractivity contribution in [2.24, 2.45) is 0 Å². The minimum absolute atomic E-state index is 0.342. The summed E-state index contributed by atoms with van der Waals surface area (Å²) in [6.45, 7) is 6.32. The zero-order chi connectivity index (χ0) is 15.7. The second kappa shape index (κ2) is 5.98. The highest BCUT2D eigenvalue weighted by atomic mass is 32.2. The van der Waals surface area contributed by atoms with E-state index in [-0.39, 0.29) is 0 Å². The van der Waals surface area contributed by atoms with Gasteiger partial charge in [-0.3, -0.25) is 0 Å². The van der Waals surface area contributed by atoms with Crippen molar-refractivity contribution < 1.29 is 8.42 Å². The molecule has 1 saturated heterocycles. The Kier molecular flexibility index (Phi) is 4.20. The van der Waals surface area contributed by atoms with Crippen LogP contribution in [-0.4, -0.2) is 43.9 Å². The molecule has 7 heteroatoms. The number of thiazole rings is 1. The number of hydrogen-bond acceptors (Lipinski definition) is 5. The molecular formula is C15H19N3O2S2. The number of anilines is 1. The predicted molar refractivity (Wildman–Crippen MR) is 89.0 cm³/mol. The van der Waals surface area contributed by atoms with Crippen molar-refractivity contribution in [2.45, 2.75) is 18.1 Å². The van der Waals surface area contributed by atoms with Gasteiger partial charge in [-0.25, -0.2) is 13.4 Å². The molecule has 22 heavy (non-hydrogen) atoms. The second-order valence-corrected chi connectivity index (χ2v) is 8.83. The van der Waals surface area contributed by atoms with Gasteiger partial charge in [0.15, 0.2) is 4.21 Å². The third-order valence-corrected chi connectivity index (χ3v) is 7.05. The van der Waals surface area contributed by atoms with Crippen molar-refractivity contribution in [3.63, 3.8) is 0 Å². The first-order valence-corrected chi connectivity index (χ1v) is 9.47. The molecule has 0 N–H and O–H groups in total. The number of aromatic nitrogens is 1. The summed E-state index contributed by atoms with van der Waals surface area (Å²) >= 11 is 1.23. The fourth-order valence-electron chi connectivity index (χ4n) is 2.60. The lowest BCUT2D eigenvalue weighted by atomic mass is 10.2. The molecule has 0 unspecified atom stereocenters. The van der Waals surface area contributed by atoms with Crippen molar-refractivity contribution in [1.82, 2.24) is 9.29 Å². The van der Waals surface area contributed by atoms with Crippen LogP contribution >= 0.6 is 11.3 Å². The number of nitrogens with zero attached hydrogens (tertiary/aromatic N) is 3. The predicted octanol–water partition coefficient (Wildman–Crippen LogP) is 2.27. The van der Waals surface area contributed by atoms with E-state index in [1.165, 1.54) is 23.1 Å². The molecule has 0 aliphatic carbocycles. The van der Waals surface area contributed by atoms with Gasteiger partial charge >= 0.3 is 0 Å². The monoisotopic (exact) mass is 337 g/mol. The third-order valence-electron chi connectivity index (χ3n) is 3.80. The number of benzene rings is 1. The van der Waals surface area contributed by atoms with Crippen molar-refractivity contribution in [1.29, 1.82) is 0 Å². The average Bonchev–Trinajstić information content (AvgIpc) is 2.95. The summed E-state index contributed by atoms with van der Waals surface area (Å²) in [5, 5.41) is 0.775. The minimum Gasteiger partial charge on any atom is -0.369 e. The van der Waals surface area contributed by atoms with E-state index < -0.39 is 10.0 Å². The van der Waals surface area contributed by atoms with Crippen LogP contribution in [0.4, 0.5) is 5.69 Å². The van der Waals surface area contributed by atoms with Crippen molar-refractivity contribution in [3.8, 4) is 0 Å². The quantitative estimate of drug-likeness (QED) is 0.862. The van der Waals surface area contributed by atoms with E-state index in [9.17, 15) is 8.42 Å². The molecule has 1 aliphatic rings. The summed E-state index contributed by atoms with van der Waals surface area (Å²) in [4.78, 5) is 6.29. The van der Waals surface area contributed by atoms with Gasteiger partial charge in [-0.2, -0.15) is 4.31 Å². The lowest BCUT2D eigenvalue weighted by molar-refractivity contribution is 0.386. The van der Waals surface area contributed by atoms with Crippen LogP contribution in [0.5, 0.6) is 0 Å². The molecule has 0 amide bonds. The first-order chi connectivity index (χ1) is 10.5. The van der Waals surface area contributed by atoms with Gasteiger partial charge in [-0.1, -0.05) is 12.1 Å². The Bertz CT molecular complexity index is 763. The van der Waals surface area contributed by atoms with Gasteiger partial charge in [-0.15, -0.1) is 11.3 Å². The number of hydrogen-bond donors (Lipinski definition) is 0. The summed E-state index contributed by atoms with van der Waals surface area (Å²) in [6, 6.07) is 8.31. The third kappa shape index (κ3) is 3.02. The Balaban J connectivity index is 1.72. The number of sulfonamides is 1. The summed E-state index contributed by atoms with van der Waals surface area (Å²) in [5.74, 6) is 0. The molecule has 1 aromatic carbocycles. The molecule has 2 heterocycles. The molecule has 1 fully saturated rings. The van der Waals surface area contributed by atoms with Gasteiger partial charge in [0.25, 0.3) is 10.0 Å². The molecule has 0 radical (unpaired) electrons. The number of aryl methyl sites for hydroxylation is 2. The van der Waals surface area contributed by atoms with Gasteiger partial charge in [0.2, 0.25) is 0 Å². The average molecular weight is 337 g/mol. The number of rotatable bonds is 3. The van der Waals surface area contributed by atoms with Crippen LogP contribution in [0.1, 0.15) is 10.6 Å². The first-order valence-electron chi connectivity index (χ1n) is 7.21. The van der Waals surface area contributed by atoms with Crippen LogP contribution in [0.15, 0.2) is 34.7 Å². The van der Waals surface area contributed by atoms with Gasteiger partial charge in [0.1, 0.15) is 0 Å². The molecule has 0 spiro atoms. The zero-order valence-electron chi connectivity index (χ0n) is 12.7. The molecule has 0 atom stereocenters. The fourth-order valence-corrected chi connectivity index (χ4v) is 5.29.